The third-order valence-electron chi connectivity index (χ3n) is 4.10. The first-order chi connectivity index (χ1) is 11.0. The number of carbonyl (C=O) groups excluding carboxylic acids is 2. The average Bonchev–Trinajstić information content (AvgIpc) is 2.92. The van der Waals surface area contributed by atoms with Crippen molar-refractivity contribution in [2.24, 2.45) is 5.92 Å². The highest BCUT2D eigenvalue weighted by Crippen LogP contribution is 2.26. The summed E-state index contributed by atoms with van der Waals surface area (Å²) in [4.78, 5) is 25.4. The van der Waals surface area contributed by atoms with Crippen LogP contribution in [0.1, 0.15) is 31.7 Å². The van der Waals surface area contributed by atoms with Gasteiger partial charge in [0.2, 0.25) is 11.8 Å². The van der Waals surface area contributed by atoms with Crippen molar-refractivity contribution in [1.82, 2.24) is 10.2 Å². The summed E-state index contributed by atoms with van der Waals surface area (Å²) < 4.78 is 0. The number of phenols is 2. The topological polar surface area (TPSA) is 89.9 Å². The molecule has 6 nitrogen and oxygen atoms in total. The molecule has 0 saturated carbocycles. The highest BCUT2D eigenvalue weighted by atomic mass is 16.3. The number of aromatic hydroxyl groups is 2. The molecule has 1 heterocycles. The second-order valence-electron chi connectivity index (χ2n) is 6.06. The molecule has 0 spiro atoms. The van der Waals surface area contributed by atoms with Gasteiger partial charge in [0.05, 0.1) is 0 Å². The molecule has 1 aliphatic rings. The minimum absolute atomic E-state index is 0.0506. The normalized spacial score (nSPS) is 15.7. The van der Waals surface area contributed by atoms with E-state index in [1.807, 2.05) is 11.8 Å². The van der Waals surface area contributed by atoms with Crippen molar-refractivity contribution in [2.75, 3.05) is 19.6 Å². The lowest BCUT2D eigenvalue weighted by Crippen LogP contribution is -2.33. The van der Waals surface area contributed by atoms with Crippen LogP contribution >= 0.6 is 0 Å². The average molecular weight is 320 g/mol. The maximum Gasteiger partial charge on any atom is 0.223 e. The standard InChI is InChI=1S/C17H24N2O4/c1-12(10-13-5-6-14(20)15(21)11-13)17(23)18-7-3-9-19-8-2-4-16(19)22/h5-6,11-12,20-21H,2-4,7-10H2,1H3,(H,18,23). The number of nitrogens with one attached hydrogen (secondary N) is 1. The third kappa shape index (κ3) is 4.87. The Morgan fingerprint density at radius 2 is 2.13 bits per heavy atom. The van der Waals surface area contributed by atoms with E-state index >= 15 is 0 Å². The van der Waals surface area contributed by atoms with Crippen molar-refractivity contribution in [2.45, 2.75) is 32.6 Å². The van der Waals surface area contributed by atoms with Crippen LogP contribution in [0.5, 0.6) is 11.5 Å². The number of rotatable bonds is 7. The molecule has 0 aliphatic carbocycles. The summed E-state index contributed by atoms with van der Waals surface area (Å²) in [6.07, 6.45) is 2.82. The number of hydrogen-bond acceptors (Lipinski definition) is 4. The van der Waals surface area contributed by atoms with Gasteiger partial charge in [-0.05, 0) is 37.0 Å². The zero-order valence-electron chi connectivity index (χ0n) is 13.4. The molecule has 1 saturated heterocycles. The van der Waals surface area contributed by atoms with Crippen LogP contribution in [0.15, 0.2) is 18.2 Å². The fourth-order valence-corrected chi connectivity index (χ4v) is 2.74. The second kappa shape index (κ2) is 7.85. The second-order valence-corrected chi connectivity index (χ2v) is 6.06. The van der Waals surface area contributed by atoms with E-state index < -0.39 is 0 Å². The van der Waals surface area contributed by atoms with Gasteiger partial charge in [-0.3, -0.25) is 9.59 Å². The van der Waals surface area contributed by atoms with Crippen molar-refractivity contribution in [3.05, 3.63) is 23.8 Å². The summed E-state index contributed by atoms with van der Waals surface area (Å²) in [5.41, 5.74) is 0.797. The van der Waals surface area contributed by atoms with Crippen LogP contribution < -0.4 is 5.32 Å². The third-order valence-corrected chi connectivity index (χ3v) is 4.10. The first kappa shape index (κ1) is 17.1. The quantitative estimate of drug-likeness (QED) is 0.523. The van der Waals surface area contributed by atoms with Gasteiger partial charge in [0.15, 0.2) is 11.5 Å². The lowest BCUT2D eigenvalue weighted by Gasteiger charge is -2.16. The van der Waals surface area contributed by atoms with Crippen LogP contribution in [0.25, 0.3) is 0 Å². The number of nitrogens with zero attached hydrogens (tertiary/aromatic N) is 1. The van der Waals surface area contributed by atoms with Crippen LogP contribution in [0.2, 0.25) is 0 Å². The monoisotopic (exact) mass is 320 g/mol. The van der Waals surface area contributed by atoms with Gasteiger partial charge in [0.1, 0.15) is 0 Å². The molecule has 1 fully saturated rings. The Balaban J connectivity index is 1.70. The predicted molar refractivity (Wildman–Crippen MR) is 86.1 cm³/mol. The molecule has 3 N–H and O–H groups in total. The van der Waals surface area contributed by atoms with Gasteiger partial charge in [-0.25, -0.2) is 0 Å². The van der Waals surface area contributed by atoms with Crippen LogP contribution in [0.3, 0.4) is 0 Å². The summed E-state index contributed by atoms with van der Waals surface area (Å²) in [6, 6.07) is 4.58. The number of hydrogen-bond donors (Lipinski definition) is 3. The molecular weight excluding hydrogens is 296 g/mol. The molecule has 2 amide bonds. The minimum atomic E-state index is -0.229. The van der Waals surface area contributed by atoms with Crippen LogP contribution in [0, 0.1) is 5.92 Å². The summed E-state index contributed by atoms with van der Waals surface area (Å²) in [6.45, 7) is 3.89. The van der Waals surface area contributed by atoms with Crippen molar-refractivity contribution in [3.8, 4) is 11.5 Å². The molecule has 1 atom stereocenters. The Hall–Kier alpha value is -2.24. The molecule has 0 aromatic heterocycles. The van der Waals surface area contributed by atoms with Gasteiger partial charge in [-0.15, -0.1) is 0 Å². The Kier molecular flexibility index (Phi) is 5.84. The van der Waals surface area contributed by atoms with Crippen molar-refractivity contribution in [3.63, 3.8) is 0 Å². The first-order valence-electron chi connectivity index (χ1n) is 8.03. The highest BCUT2D eigenvalue weighted by Gasteiger charge is 2.19. The Bertz CT molecular complexity index is 574. The predicted octanol–water partition coefficient (Wildman–Crippen LogP) is 1.41. The fourth-order valence-electron chi connectivity index (χ4n) is 2.74. The number of carbonyl (C=O) groups is 2. The molecule has 1 aromatic carbocycles. The van der Waals surface area contributed by atoms with E-state index in [0.29, 0.717) is 25.9 Å². The number of benzene rings is 1. The van der Waals surface area contributed by atoms with Gasteiger partial charge in [0, 0.05) is 32.0 Å². The number of phenolic OH excluding ortho intramolecular Hbond substituents is 2. The summed E-state index contributed by atoms with van der Waals surface area (Å²) >= 11 is 0. The zero-order valence-corrected chi connectivity index (χ0v) is 13.4. The lowest BCUT2D eigenvalue weighted by molar-refractivity contribution is -0.127. The maximum atomic E-state index is 12.1. The van der Waals surface area contributed by atoms with Gasteiger partial charge >= 0.3 is 0 Å². The summed E-state index contributed by atoms with van der Waals surface area (Å²) in [5, 5.41) is 21.6. The van der Waals surface area contributed by atoms with Gasteiger partial charge in [-0.1, -0.05) is 13.0 Å². The molecule has 0 bridgehead atoms. The van der Waals surface area contributed by atoms with E-state index in [1.54, 1.807) is 6.07 Å². The fraction of sp³-hybridized carbons (Fsp3) is 0.529. The van der Waals surface area contributed by atoms with Gasteiger partial charge in [-0.2, -0.15) is 0 Å². The maximum absolute atomic E-state index is 12.1. The molecule has 126 valence electrons. The van der Waals surface area contributed by atoms with Gasteiger partial charge < -0.3 is 20.4 Å². The van der Waals surface area contributed by atoms with E-state index in [9.17, 15) is 19.8 Å². The van der Waals surface area contributed by atoms with Gasteiger partial charge in [0.25, 0.3) is 0 Å². The molecule has 1 unspecified atom stereocenters. The van der Waals surface area contributed by atoms with E-state index in [2.05, 4.69) is 5.32 Å². The van der Waals surface area contributed by atoms with E-state index in [0.717, 1.165) is 24.9 Å². The van der Waals surface area contributed by atoms with Crippen LogP contribution in [-0.2, 0) is 16.0 Å². The molecule has 6 heteroatoms. The number of likely N-dealkylation sites (tertiary alicyclic amines) is 1. The van der Waals surface area contributed by atoms with E-state index in [-0.39, 0.29) is 29.2 Å². The van der Waals surface area contributed by atoms with E-state index in [1.165, 1.54) is 12.1 Å². The number of amides is 2. The van der Waals surface area contributed by atoms with Crippen molar-refractivity contribution >= 4 is 11.8 Å². The molecule has 0 radical (unpaired) electrons. The van der Waals surface area contributed by atoms with Crippen LogP contribution in [-0.4, -0.2) is 46.6 Å². The SMILES string of the molecule is CC(Cc1ccc(O)c(O)c1)C(=O)NCCCN1CCCC1=O. The summed E-state index contributed by atoms with van der Waals surface area (Å²) in [5.74, 6) is -0.415. The van der Waals surface area contributed by atoms with Crippen molar-refractivity contribution in [1.29, 1.82) is 0 Å². The Morgan fingerprint density at radius 3 is 2.78 bits per heavy atom. The van der Waals surface area contributed by atoms with E-state index in [4.69, 9.17) is 0 Å². The minimum Gasteiger partial charge on any atom is -0.504 e. The largest absolute Gasteiger partial charge is 0.504 e. The molecule has 23 heavy (non-hydrogen) atoms. The molecule has 1 aliphatic heterocycles. The Morgan fingerprint density at radius 1 is 1.35 bits per heavy atom. The lowest BCUT2D eigenvalue weighted by atomic mass is 10.00. The first-order valence-corrected chi connectivity index (χ1v) is 8.03. The molecular formula is C17H24N2O4. The molecule has 2 rings (SSSR count). The van der Waals surface area contributed by atoms with Crippen molar-refractivity contribution < 1.29 is 19.8 Å². The smallest absolute Gasteiger partial charge is 0.223 e. The Labute approximate surface area is 136 Å². The molecule has 1 aromatic rings. The summed E-state index contributed by atoms with van der Waals surface area (Å²) in [7, 11) is 0. The zero-order chi connectivity index (χ0) is 16.8. The van der Waals surface area contributed by atoms with Crippen LogP contribution in [0.4, 0.5) is 0 Å². The highest BCUT2D eigenvalue weighted by molar-refractivity contribution is 5.79.